The minimum atomic E-state index is -3.28. The summed E-state index contributed by atoms with van der Waals surface area (Å²) in [6.07, 6.45) is 3.37. The molecule has 24 heavy (non-hydrogen) atoms. The predicted octanol–water partition coefficient (Wildman–Crippen LogP) is 3.34. The van der Waals surface area contributed by atoms with Crippen molar-refractivity contribution in [1.29, 1.82) is 0 Å². The van der Waals surface area contributed by atoms with E-state index in [0.717, 1.165) is 17.0 Å². The number of hydrogen-bond donors (Lipinski definition) is 1. The van der Waals surface area contributed by atoms with Crippen molar-refractivity contribution < 1.29 is 8.42 Å². The van der Waals surface area contributed by atoms with Gasteiger partial charge in [0.25, 0.3) is 0 Å². The Morgan fingerprint density at radius 1 is 1.12 bits per heavy atom. The highest BCUT2D eigenvalue weighted by Gasteiger charge is 2.11. The summed E-state index contributed by atoms with van der Waals surface area (Å²) in [5.74, 6) is 0.609. The van der Waals surface area contributed by atoms with Crippen molar-refractivity contribution in [2.24, 2.45) is 0 Å². The first-order valence-corrected chi connectivity index (χ1v) is 9.64. The summed E-state index contributed by atoms with van der Waals surface area (Å²) < 4.78 is 23.5. The van der Waals surface area contributed by atoms with Gasteiger partial charge in [0.1, 0.15) is 12.1 Å². The maximum absolute atomic E-state index is 11.7. The summed E-state index contributed by atoms with van der Waals surface area (Å²) in [6.45, 7) is 0.624. The molecule has 1 aromatic heterocycles. The van der Waals surface area contributed by atoms with Gasteiger partial charge in [0.15, 0.2) is 9.84 Å². The quantitative estimate of drug-likeness (QED) is 0.754. The monoisotopic (exact) mass is 361 g/mol. The first-order chi connectivity index (χ1) is 11.4. The Labute approximate surface area is 145 Å². The molecule has 1 heterocycles. The van der Waals surface area contributed by atoms with Crippen LogP contribution in [0.4, 0.5) is 5.82 Å². The maximum atomic E-state index is 11.7. The van der Waals surface area contributed by atoms with Gasteiger partial charge in [0.2, 0.25) is 0 Å². The SMILES string of the molecule is CS(=O)(=O)c1ccc2ncnc(NCCc3ccccc3Cl)c2c1. The number of anilines is 1. The fourth-order valence-corrected chi connectivity index (χ4v) is 3.30. The number of nitrogens with one attached hydrogen (secondary N) is 1. The van der Waals surface area contributed by atoms with E-state index in [1.54, 1.807) is 18.2 Å². The van der Waals surface area contributed by atoms with Crippen molar-refractivity contribution in [3.63, 3.8) is 0 Å². The van der Waals surface area contributed by atoms with E-state index in [9.17, 15) is 8.42 Å². The van der Waals surface area contributed by atoms with E-state index < -0.39 is 9.84 Å². The minimum Gasteiger partial charge on any atom is -0.369 e. The summed E-state index contributed by atoms with van der Waals surface area (Å²) in [4.78, 5) is 8.66. The normalized spacial score (nSPS) is 11.6. The zero-order valence-corrected chi connectivity index (χ0v) is 14.6. The van der Waals surface area contributed by atoms with Crippen LogP contribution in [0.15, 0.2) is 53.7 Å². The van der Waals surface area contributed by atoms with Crippen molar-refractivity contribution in [2.75, 3.05) is 18.1 Å². The third-order valence-electron chi connectivity index (χ3n) is 3.68. The van der Waals surface area contributed by atoms with E-state index in [4.69, 9.17) is 11.6 Å². The zero-order valence-electron chi connectivity index (χ0n) is 13.0. The lowest BCUT2D eigenvalue weighted by molar-refractivity contribution is 0.602. The Hall–Kier alpha value is -2.18. The molecule has 7 heteroatoms. The summed E-state index contributed by atoms with van der Waals surface area (Å²) >= 11 is 6.15. The second-order valence-electron chi connectivity index (χ2n) is 5.44. The van der Waals surface area contributed by atoms with Gasteiger partial charge in [-0.15, -0.1) is 0 Å². The fraction of sp³-hybridized carbons (Fsp3) is 0.176. The standard InChI is InChI=1S/C17H16ClN3O2S/c1-24(22,23)13-6-7-16-14(10-13)17(21-11-20-16)19-9-8-12-4-2-3-5-15(12)18/h2-7,10-11H,8-9H2,1H3,(H,19,20,21). The third-order valence-corrected chi connectivity index (χ3v) is 5.16. The van der Waals surface area contributed by atoms with Gasteiger partial charge in [0, 0.05) is 23.2 Å². The number of aromatic nitrogens is 2. The number of sulfone groups is 1. The van der Waals surface area contributed by atoms with Crippen molar-refractivity contribution in [2.45, 2.75) is 11.3 Å². The van der Waals surface area contributed by atoms with Gasteiger partial charge in [-0.25, -0.2) is 18.4 Å². The van der Waals surface area contributed by atoms with E-state index in [1.807, 2.05) is 24.3 Å². The van der Waals surface area contributed by atoms with Gasteiger partial charge in [-0.1, -0.05) is 29.8 Å². The number of rotatable bonds is 5. The second-order valence-corrected chi connectivity index (χ2v) is 7.86. The molecule has 0 spiro atoms. The fourth-order valence-electron chi connectivity index (χ4n) is 2.42. The molecule has 0 saturated carbocycles. The van der Waals surface area contributed by atoms with Crippen LogP contribution < -0.4 is 5.32 Å². The summed E-state index contributed by atoms with van der Waals surface area (Å²) in [5.41, 5.74) is 1.74. The number of hydrogen-bond acceptors (Lipinski definition) is 5. The van der Waals surface area contributed by atoms with Crippen LogP contribution in [0.5, 0.6) is 0 Å². The van der Waals surface area contributed by atoms with Crippen LogP contribution in [0, 0.1) is 0 Å². The van der Waals surface area contributed by atoms with Crippen LogP contribution in [0.1, 0.15) is 5.56 Å². The molecule has 0 aliphatic carbocycles. The lowest BCUT2D eigenvalue weighted by atomic mass is 10.1. The third kappa shape index (κ3) is 3.66. The van der Waals surface area contributed by atoms with Crippen LogP contribution in [0.3, 0.4) is 0 Å². The van der Waals surface area contributed by atoms with Crippen LogP contribution in [-0.4, -0.2) is 31.2 Å². The lowest BCUT2D eigenvalue weighted by Crippen LogP contribution is -2.08. The van der Waals surface area contributed by atoms with Crippen molar-refractivity contribution in [3.8, 4) is 0 Å². The Morgan fingerprint density at radius 3 is 2.67 bits per heavy atom. The van der Waals surface area contributed by atoms with E-state index in [0.29, 0.717) is 23.3 Å². The molecule has 0 unspecified atom stereocenters. The Bertz CT molecular complexity index is 990. The van der Waals surface area contributed by atoms with Crippen LogP contribution in [0.25, 0.3) is 10.9 Å². The zero-order chi connectivity index (χ0) is 17.2. The highest BCUT2D eigenvalue weighted by molar-refractivity contribution is 7.90. The number of benzene rings is 2. The van der Waals surface area contributed by atoms with Gasteiger partial charge >= 0.3 is 0 Å². The van der Waals surface area contributed by atoms with Crippen molar-refractivity contribution in [3.05, 3.63) is 59.4 Å². The maximum Gasteiger partial charge on any atom is 0.175 e. The smallest absolute Gasteiger partial charge is 0.175 e. The first kappa shape index (κ1) is 16.7. The molecule has 3 rings (SSSR count). The number of nitrogens with zero attached hydrogens (tertiary/aromatic N) is 2. The first-order valence-electron chi connectivity index (χ1n) is 7.37. The van der Waals surface area contributed by atoms with Crippen molar-refractivity contribution >= 4 is 38.2 Å². The highest BCUT2D eigenvalue weighted by atomic mass is 35.5. The van der Waals surface area contributed by atoms with E-state index in [2.05, 4.69) is 15.3 Å². The molecule has 0 atom stereocenters. The topological polar surface area (TPSA) is 72.0 Å². The molecule has 0 bridgehead atoms. The Morgan fingerprint density at radius 2 is 1.92 bits per heavy atom. The molecule has 0 amide bonds. The summed E-state index contributed by atoms with van der Waals surface area (Å²) in [5, 5.41) is 4.65. The largest absolute Gasteiger partial charge is 0.369 e. The van der Waals surface area contributed by atoms with Crippen LogP contribution in [0.2, 0.25) is 5.02 Å². The number of halogens is 1. The molecule has 124 valence electrons. The van der Waals surface area contributed by atoms with Crippen molar-refractivity contribution in [1.82, 2.24) is 9.97 Å². The lowest BCUT2D eigenvalue weighted by Gasteiger charge is -2.10. The molecular weight excluding hydrogens is 346 g/mol. The number of fused-ring (bicyclic) bond motifs is 1. The average Bonchev–Trinajstić information content (AvgIpc) is 2.55. The molecule has 3 aromatic rings. The van der Waals surface area contributed by atoms with E-state index in [1.165, 1.54) is 12.6 Å². The molecule has 2 aromatic carbocycles. The Kier molecular flexibility index (Phi) is 4.69. The highest BCUT2D eigenvalue weighted by Crippen LogP contribution is 2.23. The van der Waals surface area contributed by atoms with Gasteiger partial charge < -0.3 is 5.32 Å². The van der Waals surface area contributed by atoms with E-state index >= 15 is 0 Å². The molecule has 0 aliphatic rings. The van der Waals surface area contributed by atoms with Crippen LogP contribution >= 0.6 is 11.6 Å². The molecule has 0 saturated heterocycles. The molecule has 0 radical (unpaired) electrons. The summed E-state index contributed by atoms with van der Waals surface area (Å²) in [7, 11) is -3.28. The molecule has 0 aliphatic heterocycles. The van der Waals surface area contributed by atoms with Gasteiger partial charge in [-0.05, 0) is 36.2 Å². The van der Waals surface area contributed by atoms with Gasteiger partial charge in [0.05, 0.1) is 10.4 Å². The minimum absolute atomic E-state index is 0.249. The van der Waals surface area contributed by atoms with Crippen LogP contribution in [-0.2, 0) is 16.3 Å². The molecular formula is C17H16ClN3O2S. The second kappa shape index (κ2) is 6.75. The van der Waals surface area contributed by atoms with Gasteiger partial charge in [-0.3, -0.25) is 0 Å². The van der Waals surface area contributed by atoms with Gasteiger partial charge in [-0.2, -0.15) is 0 Å². The molecule has 5 nitrogen and oxygen atoms in total. The molecule has 1 N–H and O–H groups in total. The predicted molar refractivity (Wildman–Crippen MR) is 96.3 cm³/mol. The Balaban J connectivity index is 1.85. The van der Waals surface area contributed by atoms with E-state index in [-0.39, 0.29) is 4.90 Å². The summed E-state index contributed by atoms with van der Waals surface area (Å²) in [6, 6.07) is 12.5. The average molecular weight is 362 g/mol. The molecule has 0 fully saturated rings.